The normalized spacial score (nSPS) is 14.0. The number of benzene rings is 2. The van der Waals surface area contributed by atoms with E-state index < -0.39 is 0 Å². The second-order valence-electron chi connectivity index (χ2n) is 7.43. The van der Waals surface area contributed by atoms with Crippen molar-refractivity contribution >= 4 is 28.3 Å². The number of hydrogen-bond donors (Lipinski definition) is 2. The molecule has 1 saturated heterocycles. The standard InChI is InChI=1S/C24H21FN4O2/c25-18-3-1-2-16(12-18)17-13-21-22(15-27-23(21)26-14-17)24(30)28-19-4-6-20(7-5-19)29-8-10-31-11-9-29/h1-7,12-15H,8-11H2,(H,26,27)(H,28,30). The van der Waals surface area contributed by atoms with E-state index >= 15 is 0 Å². The molecule has 1 aliphatic rings. The number of carbonyl (C=O) groups excluding carboxylic acids is 1. The Balaban J connectivity index is 1.37. The van der Waals surface area contributed by atoms with Crippen molar-refractivity contribution in [3.63, 3.8) is 0 Å². The largest absolute Gasteiger partial charge is 0.378 e. The molecule has 0 atom stereocenters. The maximum atomic E-state index is 13.6. The van der Waals surface area contributed by atoms with Gasteiger partial charge in [0.25, 0.3) is 5.91 Å². The summed E-state index contributed by atoms with van der Waals surface area (Å²) >= 11 is 0. The maximum absolute atomic E-state index is 13.6. The fraction of sp³-hybridized carbons (Fsp3) is 0.167. The molecule has 0 spiro atoms. The van der Waals surface area contributed by atoms with Gasteiger partial charge in [-0.25, -0.2) is 9.37 Å². The van der Waals surface area contributed by atoms with Crippen LogP contribution in [0, 0.1) is 5.82 Å². The van der Waals surface area contributed by atoms with Crippen molar-refractivity contribution in [1.29, 1.82) is 0 Å². The van der Waals surface area contributed by atoms with E-state index in [1.54, 1.807) is 18.5 Å². The number of hydrogen-bond acceptors (Lipinski definition) is 4. The lowest BCUT2D eigenvalue weighted by molar-refractivity contribution is 0.102. The number of H-pyrrole nitrogens is 1. The molecular formula is C24H21FN4O2. The molecule has 0 radical (unpaired) electrons. The van der Waals surface area contributed by atoms with Gasteiger partial charge >= 0.3 is 0 Å². The summed E-state index contributed by atoms with van der Waals surface area (Å²) in [4.78, 5) is 22.6. The Kier molecular flexibility index (Phi) is 5.09. The molecule has 4 aromatic rings. The number of fused-ring (bicyclic) bond motifs is 1. The molecule has 1 amide bonds. The number of nitrogens with zero attached hydrogens (tertiary/aromatic N) is 2. The van der Waals surface area contributed by atoms with E-state index in [1.807, 2.05) is 36.4 Å². The van der Waals surface area contributed by atoms with Crippen molar-refractivity contribution in [3.8, 4) is 11.1 Å². The van der Waals surface area contributed by atoms with Gasteiger partial charge in [0.05, 0.1) is 18.8 Å². The van der Waals surface area contributed by atoms with Crippen LogP contribution in [0.2, 0.25) is 0 Å². The number of morpholine rings is 1. The Morgan fingerprint density at radius 3 is 2.65 bits per heavy atom. The first kappa shape index (κ1) is 19.3. The van der Waals surface area contributed by atoms with E-state index in [1.165, 1.54) is 12.1 Å². The minimum Gasteiger partial charge on any atom is -0.378 e. The van der Waals surface area contributed by atoms with E-state index in [9.17, 15) is 9.18 Å². The molecule has 5 rings (SSSR count). The van der Waals surface area contributed by atoms with Crippen molar-refractivity contribution in [3.05, 3.63) is 78.4 Å². The highest BCUT2D eigenvalue weighted by atomic mass is 19.1. The molecule has 2 aromatic carbocycles. The van der Waals surface area contributed by atoms with Crippen LogP contribution in [0.4, 0.5) is 15.8 Å². The molecular weight excluding hydrogens is 395 g/mol. The van der Waals surface area contributed by atoms with Gasteiger partial charge in [0.15, 0.2) is 0 Å². The summed E-state index contributed by atoms with van der Waals surface area (Å²) < 4.78 is 19.0. The number of carbonyl (C=O) groups is 1. The summed E-state index contributed by atoms with van der Waals surface area (Å²) in [6.07, 6.45) is 3.31. The summed E-state index contributed by atoms with van der Waals surface area (Å²) in [7, 11) is 0. The van der Waals surface area contributed by atoms with Crippen molar-refractivity contribution in [2.24, 2.45) is 0 Å². The van der Waals surface area contributed by atoms with E-state index in [2.05, 4.69) is 20.2 Å². The highest BCUT2D eigenvalue weighted by molar-refractivity contribution is 6.12. The molecule has 0 unspecified atom stereocenters. The van der Waals surface area contributed by atoms with Crippen LogP contribution in [-0.4, -0.2) is 42.2 Å². The smallest absolute Gasteiger partial charge is 0.257 e. The molecule has 1 aliphatic heterocycles. The molecule has 0 aliphatic carbocycles. The number of ether oxygens (including phenoxy) is 1. The predicted octanol–water partition coefficient (Wildman–Crippen LogP) is 4.46. The van der Waals surface area contributed by atoms with Gasteiger partial charge in [-0.2, -0.15) is 0 Å². The van der Waals surface area contributed by atoms with E-state index in [0.29, 0.717) is 27.8 Å². The SMILES string of the molecule is O=C(Nc1ccc(N2CCOCC2)cc1)c1c[nH]c2ncc(-c3cccc(F)c3)cc12. The Morgan fingerprint density at radius 2 is 1.87 bits per heavy atom. The molecule has 7 heteroatoms. The molecule has 3 heterocycles. The molecule has 0 saturated carbocycles. The third-order valence-electron chi connectivity index (χ3n) is 5.44. The van der Waals surface area contributed by atoms with Crippen molar-refractivity contribution in [2.45, 2.75) is 0 Å². The van der Waals surface area contributed by atoms with E-state index in [4.69, 9.17) is 4.74 Å². The monoisotopic (exact) mass is 416 g/mol. The minimum absolute atomic E-state index is 0.233. The van der Waals surface area contributed by atoms with Crippen LogP contribution in [0.25, 0.3) is 22.2 Å². The lowest BCUT2D eigenvalue weighted by Gasteiger charge is -2.28. The van der Waals surface area contributed by atoms with Gasteiger partial charge in [0.2, 0.25) is 0 Å². The number of nitrogens with one attached hydrogen (secondary N) is 2. The number of halogens is 1. The number of aromatic amines is 1. The molecule has 156 valence electrons. The summed E-state index contributed by atoms with van der Waals surface area (Å²) in [5.41, 5.74) is 4.37. The van der Waals surface area contributed by atoms with E-state index in [0.717, 1.165) is 37.6 Å². The predicted molar refractivity (Wildman–Crippen MR) is 119 cm³/mol. The summed E-state index contributed by atoms with van der Waals surface area (Å²) in [6, 6.07) is 16.0. The lowest BCUT2D eigenvalue weighted by atomic mass is 10.1. The highest BCUT2D eigenvalue weighted by Crippen LogP contribution is 2.26. The Morgan fingerprint density at radius 1 is 1.06 bits per heavy atom. The average molecular weight is 416 g/mol. The first-order valence-corrected chi connectivity index (χ1v) is 10.1. The Labute approximate surface area is 178 Å². The van der Waals surface area contributed by atoms with Gasteiger partial charge in [-0.15, -0.1) is 0 Å². The van der Waals surface area contributed by atoms with Crippen LogP contribution in [0.5, 0.6) is 0 Å². The lowest BCUT2D eigenvalue weighted by Crippen LogP contribution is -2.36. The quantitative estimate of drug-likeness (QED) is 0.515. The second-order valence-corrected chi connectivity index (χ2v) is 7.43. The van der Waals surface area contributed by atoms with Crippen molar-refractivity contribution < 1.29 is 13.9 Å². The molecule has 6 nitrogen and oxygen atoms in total. The Hall–Kier alpha value is -3.71. The van der Waals surface area contributed by atoms with Crippen LogP contribution < -0.4 is 10.2 Å². The molecule has 2 N–H and O–H groups in total. The van der Waals surface area contributed by atoms with Gasteiger partial charge in [-0.1, -0.05) is 12.1 Å². The zero-order valence-corrected chi connectivity index (χ0v) is 16.8. The van der Waals surface area contributed by atoms with Crippen LogP contribution in [-0.2, 0) is 4.74 Å². The highest BCUT2D eigenvalue weighted by Gasteiger charge is 2.15. The summed E-state index contributed by atoms with van der Waals surface area (Å²) in [6.45, 7) is 3.18. The van der Waals surface area contributed by atoms with Gasteiger partial charge in [0, 0.05) is 47.8 Å². The third-order valence-corrected chi connectivity index (χ3v) is 5.44. The molecule has 0 bridgehead atoms. The van der Waals surface area contributed by atoms with Gasteiger partial charge in [-0.05, 0) is 48.0 Å². The summed E-state index contributed by atoms with van der Waals surface area (Å²) in [5, 5.41) is 3.63. The third kappa shape index (κ3) is 4.00. The number of amides is 1. The zero-order valence-electron chi connectivity index (χ0n) is 16.8. The zero-order chi connectivity index (χ0) is 21.2. The molecule has 1 fully saturated rings. The molecule has 31 heavy (non-hydrogen) atoms. The number of aromatic nitrogens is 2. The Bertz CT molecular complexity index is 1230. The van der Waals surface area contributed by atoms with Crippen molar-refractivity contribution in [2.75, 3.05) is 36.5 Å². The average Bonchev–Trinajstić information content (AvgIpc) is 3.24. The van der Waals surface area contributed by atoms with Crippen LogP contribution in [0.15, 0.2) is 67.0 Å². The first-order chi connectivity index (χ1) is 15.2. The number of rotatable bonds is 4. The fourth-order valence-electron chi connectivity index (χ4n) is 3.79. The first-order valence-electron chi connectivity index (χ1n) is 10.1. The van der Waals surface area contributed by atoms with Crippen molar-refractivity contribution in [1.82, 2.24) is 9.97 Å². The van der Waals surface area contributed by atoms with E-state index in [-0.39, 0.29) is 11.7 Å². The summed E-state index contributed by atoms with van der Waals surface area (Å²) in [5.74, 6) is -0.547. The van der Waals surface area contributed by atoms with Gasteiger partial charge in [-0.3, -0.25) is 4.79 Å². The minimum atomic E-state index is -0.315. The topological polar surface area (TPSA) is 70.2 Å². The van der Waals surface area contributed by atoms with Crippen LogP contribution >= 0.6 is 0 Å². The van der Waals surface area contributed by atoms with Gasteiger partial charge in [0.1, 0.15) is 11.5 Å². The number of anilines is 2. The van der Waals surface area contributed by atoms with Crippen LogP contribution in [0.1, 0.15) is 10.4 Å². The molecule has 2 aromatic heterocycles. The number of pyridine rings is 1. The maximum Gasteiger partial charge on any atom is 0.257 e. The fourth-order valence-corrected chi connectivity index (χ4v) is 3.79. The van der Waals surface area contributed by atoms with Gasteiger partial charge < -0.3 is 19.9 Å². The second kappa shape index (κ2) is 8.20. The van der Waals surface area contributed by atoms with Crippen LogP contribution in [0.3, 0.4) is 0 Å².